The fourth-order valence-corrected chi connectivity index (χ4v) is 1.30. The van der Waals surface area contributed by atoms with Crippen molar-refractivity contribution >= 4 is 17.7 Å². The van der Waals surface area contributed by atoms with E-state index in [0.717, 1.165) is 4.90 Å². The van der Waals surface area contributed by atoms with Crippen molar-refractivity contribution in [3.63, 3.8) is 0 Å². The number of likely N-dealkylation sites (N-methyl/N-ethyl adjacent to an activating group) is 1. The standard InChI is InChI=1S/C9H15N3O3/c1-9(2)8(15)12(5-6(13)10-3)7(14)4-11-9/h11H,4-5H2,1-3H3,(H,10,13). The van der Waals surface area contributed by atoms with Crippen LogP contribution in [-0.4, -0.2) is 48.3 Å². The van der Waals surface area contributed by atoms with Gasteiger partial charge in [-0.25, -0.2) is 0 Å². The molecule has 1 heterocycles. The molecule has 0 aliphatic carbocycles. The first-order chi connectivity index (χ1) is 6.88. The molecule has 1 rings (SSSR count). The SMILES string of the molecule is CNC(=O)CN1C(=O)CNC(C)(C)C1=O. The Morgan fingerprint density at radius 2 is 2.13 bits per heavy atom. The van der Waals surface area contributed by atoms with E-state index in [9.17, 15) is 14.4 Å². The molecule has 0 aromatic carbocycles. The lowest BCUT2D eigenvalue weighted by Gasteiger charge is -2.36. The van der Waals surface area contributed by atoms with Crippen molar-refractivity contribution in [1.82, 2.24) is 15.5 Å². The number of nitrogens with zero attached hydrogens (tertiary/aromatic N) is 1. The largest absolute Gasteiger partial charge is 0.358 e. The van der Waals surface area contributed by atoms with E-state index in [1.807, 2.05) is 0 Å². The average molecular weight is 213 g/mol. The molecule has 0 atom stereocenters. The monoisotopic (exact) mass is 213 g/mol. The third kappa shape index (κ3) is 2.33. The van der Waals surface area contributed by atoms with Gasteiger partial charge in [-0.1, -0.05) is 0 Å². The highest BCUT2D eigenvalue weighted by molar-refractivity contribution is 6.05. The van der Waals surface area contributed by atoms with Gasteiger partial charge in [-0.3, -0.25) is 24.6 Å². The molecule has 3 amide bonds. The van der Waals surface area contributed by atoms with Crippen molar-refractivity contribution in [2.75, 3.05) is 20.1 Å². The lowest BCUT2D eigenvalue weighted by Crippen LogP contribution is -2.64. The van der Waals surface area contributed by atoms with Crippen molar-refractivity contribution in [3.05, 3.63) is 0 Å². The van der Waals surface area contributed by atoms with E-state index in [4.69, 9.17) is 0 Å². The summed E-state index contributed by atoms with van der Waals surface area (Å²) in [7, 11) is 1.46. The molecule has 0 aromatic heterocycles. The molecular formula is C9H15N3O3. The predicted octanol–water partition coefficient (Wildman–Crippen LogP) is -1.53. The van der Waals surface area contributed by atoms with Crippen LogP contribution < -0.4 is 10.6 Å². The van der Waals surface area contributed by atoms with Crippen LogP contribution in [-0.2, 0) is 14.4 Å². The van der Waals surface area contributed by atoms with Crippen LogP contribution >= 0.6 is 0 Å². The summed E-state index contributed by atoms with van der Waals surface area (Å²) in [4.78, 5) is 35.3. The molecule has 0 saturated carbocycles. The Balaban J connectivity index is 2.80. The van der Waals surface area contributed by atoms with Gasteiger partial charge in [-0.05, 0) is 13.8 Å². The van der Waals surface area contributed by atoms with E-state index in [1.54, 1.807) is 13.8 Å². The molecule has 84 valence electrons. The van der Waals surface area contributed by atoms with Crippen LogP contribution in [0.3, 0.4) is 0 Å². The maximum atomic E-state index is 11.8. The van der Waals surface area contributed by atoms with E-state index in [2.05, 4.69) is 10.6 Å². The van der Waals surface area contributed by atoms with E-state index in [0.29, 0.717) is 0 Å². The van der Waals surface area contributed by atoms with Gasteiger partial charge in [0.1, 0.15) is 6.54 Å². The number of rotatable bonds is 2. The number of carbonyl (C=O) groups is 3. The minimum atomic E-state index is -0.790. The Morgan fingerprint density at radius 3 is 2.67 bits per heavy atom. The zero-order valence-electron chi connectivity index (χ0n) is 9.09. The van der Waals surface area contributed by atoms with Crippen molar-refractivity contribution in [2.24, 2.45) is 0 Å². The molecule has 0 aromatic rings. The topological polar surface area (TPSA) is 78.5 Å². The third-order valence-electron chi connectivity index (χ3n) is 2.34. The molecule has 0 bridgehead atoms. The highest BCUT2D eigenvalue weighted by Gasteiger charge is 2.40. The molecule has 0 unspecified atom stereocenters. The fourth-order valence-electron chi connectivity index (χ4n) is 1.30. The summed E-state index contributed by atoms with van der Waals surface area (Å²) in [6, 6.07) is 0. The highest BCUT2D eigenvalue weighted by Crippen LogP contribution is 2.12. The zero-order chi connectivity index (χ0) is 11.6. The second kappa shape index (κ2) is 3.98. The summed E-state index contributed by atoms with van der Waals surface area (Å²) in [6.07, 6.45) is 0. The van der Waals surface area contributed by atoms with E-state index < -0.39 is 5.54 Å². The number of hydrogen-bond acceptors (Lipinski definition) is 4. The first-order valence-electron chi connectivity index (χ1n) is 4.69. The first-order valence-corrected chi connectivity index (χ1v) is 4.69. The number of hydrogen-bond donors (Lipinski definition) is 2. The average Bonchev–Trinajstić information content (AvgIpc) is 2.19. The Morgan fingerprint density at radius 1 is 1.53 bits per heavy atom. The normalized spacial score (nSPS) is 20.3. The Labute approximate surface area is 88.0 Å². The van der Waals surface area contributed by atoms with Gasteiger partial charge in [0.25, 0.3) is 0 Å². The molecule has 0 spiro atoms. The van der Waals surface area contributed by atoms with Gasteiger partial charge in [0.2, 0.25) is 17.7 Å². The molecule has 2 N–H and O–H groups in total. The highest BCUT2D eigenvalue weighted by atomic mass is 16.2. The van der Waals surface area contributed by atoms with Gasteiger partial charge in [-0.15, -0.1) is 0 Å². The van der Waals surface area contributed by atoms with Crippen molar-refractivity contribution < 1.29 is 14.4 Å². The van der Waals surface area contributed by atoms with Crippen molar-refractivity contribution in [1.29, 1.82) is 0 Å². The lowest BCUT2D eigenvalue weighted by molar-refractivity contribution is -0.154. The Hall–Kier alpha value is -1.43. The molecule has 6 heteroatoms. The zero-order valence-corrected chi connectivity index (χ0v) is 9.09. The second-order valence-corrected chi connectivity index (χ2v) is 3.94. The summed E-state index contributed by atoms with van der Waals surface area (Å²) in [5, 5.41) is 5.18. The molecule has 1 aliphatic rings. The Kier molecular flexibility index (Phi) is 3.09. The molecule has 1 aliphatic heterocycles. The lowest BCUT2D eigenvalue weighted by atomic mass is 10.0. The molecule has 1 fully saturated rings. The quantitative estimate of drug-likeness (QED) is 0.545. The minimum Gasteiger partial charge on any atom is -0.358 e. The summed E-state index contributed by atoms with van der Waals surface area (Å²) >= 11 is 0. The summed E-state index contributed by atoms with van der Waals surface area (Å²) < 4.78 is 0. The number of imide groups is 1. The van der Waals surface area contributed by atoms with Crippen LogP contribution in [0.4, 0.5) is 0 Å². The van der Waals surface area contributed by atoms with Crippen LogP contribution in [0.2, 0.25) is 0 Å². The number of amides is 3. The van der Waals surface area contributed by atoms with Gasteiger partial charge in [0.05, 0.1) is 12.1 Å². The maximum Gasteiger partial charge on any atom is 0.249 e. The van der Waals surface area contributed by atoms with E-state index in [-0.39, 0.29) is 30.8 Å². The van der Waals surface area contributed by atoms with Crippen molar-refractivity contribution in [2.45, 2.75) is 19.4 Å². The van der Waals surface area contributed by atoms with Crippen LogP contribution in [0.1, 0.15) is 13.8 Å². The van der Waals surface area contributed by atoms with Gasteiger partial charge >= 0.3 is 0 Å². The Bertz CT molecular complexity index is 312. The maximum absolute atomic E-state index is 11.8. The van der Waals surface area contributed by atoms with Crippen molar-refractivity contribution in [3.8, 4) is 0 Å². The minimum absolute atomic E-state index is 0.0791. The summed E-state index contributed by atoms with van der Waals surface area (Å²) in [6.45, 7) is 3.23. The van der Waals surface area contributed by atoms with Crippen LogP contribution in [0.5, 0.6) is 0 Å². The van der Waals surface area contributed by atoms with E-state index >= 15 is 0 Å². The number of piperazine rings is 1. The number of nitrogens with one attached hydrogen (secondary N) is 2. The molecule has 15 heavy (non-hydrogen) atoms. The molecule has 1 saturated heterocycles. The smallest absolute Gasteiger partial charge is 0.249 e. The molecular weight excluding hydrogens is 198 g/mol. The predicted molar refractivity (Wildman–Crippen MR) is 52.9 cm³/mol. The van der Waals surface area contributed by atoms with Gasteiger partial charge in [0, 0.05) is 7.05 Å². The fraction of sp³-hybridized carbons (Fsp3) is 0.667. The second-order valence-electron chi connectivity index (χ2n) is 3.94. The summed E-state index contributed by atoms with van der Waals surface area (Å²) in [5.74, 6) is -1.10. The van der Waals surface area contributed by atoms with Crippen LogP contribution in [0.15, 0.2) is 0 Å². The van der Waals surface area contributed by atoms with Crippen LogP contribution in [0, 0.1) is 0 Å². The van der Waals surface area contributed by atoms with Gasteiger partial charge < -0.3 is 5.32 Å². The molecule has 0 radical (unpaired) electrons. The van der Waals surface area contributed by atoms with E-state index in [1.165, 1.54) is 7.05 Å². The third-order valence-corrected chi connectivity index (χ3v) is 2.34. The van der Waals surface area contributed by atoms with Crippen LogP contribution in [0.25, 0.3) is 0 Å². The number of carbonyl (C=O) groups excluding carboxylic acids is 3. The van der Waals surface area contributed by atoms with Gasteiger partial charge in [0.15, 0.2) is 0 Å². The van der Waals surface area contributed by atoms with Gasteiger partial charge in [-0.2, -0.15) is 0 Å². The summed E-state index contributed by atoms with van der Waals surface area (Å²) in [5.41, 5.74) is -0.790. The molecule has 6 nitrogen and oxygen atoms in total. The first kappa shape index (κ1) is 11.6.